The number of anilines is 1. The van der Waals surface area contributed by atoms with E-state index in [1.54, 1.807) is 30.3 Å². The topological polar surface area (TPSA) is 85.3 Å². The van der Waals surface area contributed by atoms with Crippen LogP contribution in [0.5, 0.6) is 0 Å². The number of hydrogen-bond donors (Lipinski definition) is 1. The first-order valence-corrected chi connectivity index (χ1v) is 9.05. The number of rotatable bonds is 6. The highest BCUT2D eigenvalue weighted by Gasteiger charge is 2.29. The summed E-state index contributed by atoms with van der Waals surface area (Å²) in [5.41, 5.74) is 0. The minimum Gasteiger partial charge on any atom is -0.459 e. The van der Waals surface area contributed by atoms with E-state index in [4.69, 9.17) is 8.83 Å². The first-order chi connectivity index (χ1) is 11.5. The largest absolute Gasteiger partial charge is 0.459 e. The molecule has 0 unspecified atom stereocenters. The fourth-order valence-corrected chi connectivity index (χ4v) is 3.41. The van der Waals surface area contributed by atoms with Crippen molar-refractivity contribution in [2.24, 2.45) is 5.92 Å². The molecule has 0 aliphatic rings. The van der Waals surface area contributed by atoms with Crippen LogP contribution in [0.25, 0.3) is 11.7 Å². The quantitative estimate of drug-likeness (QED) is 0.730. The van der Waals surface area contributed by atoms with E-state index in [2.05, 4.69) is 10.3 Å². The fourth-order valence-electron chi connectivity index (χ4n) is 2.11. The molecule has 0 saturated heterocycles. The maximum Gasteiger partial charge on any atom is 0.266 e. The summed E-state index contributed by atoms with van der Waals surface area (Å²) in [4.78, 5) is 4.33. The molecule has 6 nitrogen and oxygen atoms in total. The van der Waals surface area contributed by atoms with E-state index in [0.29, 0.717) is 18.2 Å². The zero-order valence-electron chi connectivity index (χ0n) is 13.4. The van der Waals surface area contributed by atoms with Gasteiger partial charge < -0.3 is 14.2 Å². The number of aromatic nitrogens is 1. The van der Waals surface area contributed by atoms with E-state index in [0.717, 1.165) is 0 Å². The highest BCUT2D eigenvalue weighted by Crippen LogP contribution is 2.32. The first-order valence-electron chi connectivity index (χ1n) is 7.57. The molecule has 0 bridgehead atoms. The predicted molar refractivity (Wildman–Crippen MR) is 89.4 cm³/mol. The van der Waals surface area contributed by atoms with Crippen LogP contribution in [0.1, 0.15) is 13.8 Å². The lowest BCUT2D eigenvalue weighted by Crippen LogP contribution is -2.11. The number of benzene rings is 1. The minimum absolute atomic E-state index is 0.124. The lowest BCUT2D eigenvalue weighted by molar-refractivity contribution is 0.519. The summed E-state index contributed by atoms with van der Waals surface area (Å²) in [6, 6.07) is 11.5. The fraction of sp³-hybridized carbons (Fsp3) is 0.235. The van der Waals surface area contributed by atoms with Crippen molar-refractivity contribution in [2.45, 2.75) is 23.8 Å². The molecule has 0 aliphatic heterocycles. The summed E-state index contributed by atoms with van der Waals surface area (Å²) >= 11 is 0. The van der Waals surface area contributed by atoms with Gasteiger partial charge in [0.05, 0.1) is 11.2 Å². The molecule has 24 heavy (non-hydrogen) atoms. The third-order valence-corrected chi connectivity index (χ3v) is 4.99. The van der Waals surface area contributed by atoms with Gasteiger partial charge in [-0.2, -0.15) is 4.98 Å². The highest BCUT2D eigenvalue weighted by atomic mass is 32.2. The van der Waals surface area contributed by atoms with Crippen LogP contribution in [0, 0.1) is 5.92 Å². The van der Waals surface area contributed by atoms with Crippen LogP contribution in [0.3, 0.4) is 0 Å². The Kier molecular flexibility index (Phi) is 4.44. The third-order valence-electron chi connectivity index (χ3n) is 3.31. The van der Waals surface area contributed by atoms with Crippen LogP contribution in [0.4, 0.5) is 5.88 Å². The summed E-state index contributed by atoms with van der Waals surface area (Å²) in [5, 5.41) is 2.88. The molecular formula is C17H18N2O4S. The maximum absolute atomic E-state index is 12.9. The van der Waals surface area contributed by atoms with Gasteiger partial charge in [-0.1, -0.05) is 32.0 Å². The molecule has 2 heterocycles. The Labute approximate surface area is 140 Å². The number of nitrogens with one attached hydrogen (secondary N) is 1. The molecule has 1 N–H and O–H groups in total. The number of hydrogen-bond acceptors (Lipinski definition) is 6. The molecule has 0 aliphatic carbocycles. The molecule has 3 aromatic rings. The zero-order chi connectivity index (χ0) is 17.2. The van der Waals surface area contributed by atoms with Gasteiger partial charge in [-0.3, -0.25) is 0 Å². The van der Waals surface area contributed by atoms with E-state index >= 15 is 0 Å². The lowest BCUT2D eigenvalue weighted by Gasteiger charge is -2.07. The monoisotopic (exact) mass is 346 g/mol. The van der Waals surface area contributed by atoms with Crippen molar-refractivity contribution in [1.29, 1.82) is 0 Å². The zero-order valence-corrected chi connectivity index (χ0v) is 14.2. The molecule has 0 spiro atoms. The highest BCUT2D eigenvalue weighted by molar-refractivity contribution is 7.91. The smallest absolute Gasteiger partial charge is 0.266 e. The van der Waals surface area contributed by atoms with E-state index in [9.17, 15) is 8.42 Å². The van der Waals surface area contributed by atoms with Crippen molar-refractivity contribution in [3.05, 3.63) is 48.7 Å². The molecular weight excluding hydrogens is 328 g/mol. The van der Waals surface area contributed by atoms with Gasteiger partial charge in [-0.15, -0.1) is 0 Å². The van der Waals surface area contributed by atoms with Gasteiger partial charge in [0.15, 0.2) is 5.76 Å². The van der Waals surface area contributed by atoms with Crippen molar-refractivity contribution < 1.29 is 17.3 Å². The average molecular weight is 346 g/mol. The van der Waals surface area contributed by atoms with Crippen molar-refractivity contribution in [3.8, 4) is 11.7 Å². The third kappa shape index (κ3) is 3.21. The van der Waals surface area contributed by atoms with Crippen LogP contribution in [-0.4, -0.2) is 19.9 Å². The molecule has 1 aromatic carbocycles. The van der Waals surface area contributed by atoms with Gasteiger partial charge in [0.1, 0.15) is 0 Å². The van der Waals surface area contributed by atoms with Crippen LogP contribution in [0.2, 0.25) is 0 Å². The van der Waals surface area contributed by atoms with Crippen LogP contribution in [-0.2, 0) is 9.84 Å². The van der Waals surface area contributed by atoms with Crippen LogP contribution >= 0.6 is 0 Å². The average Bonchev–Trinajstić information content (AvgIpc) is 3.23. The van der Waals surface area contributed by atoms with Gasteiger partial charge in [0.25, 0.3) is 5.89 Å². The Morgan fingerprint density at radius 2 is 1.88 bits per heavy atom. The first kappa shape index (κ1) is 16.3. The number of nitrogens with zero attached hydrogens (tertiary/aromatic N) is 1. The summed E-state index contributed by atoms with van der Waals surface area (Å²) in [5.74, 6) is 0.936. The van der Waals surface area contributed by atoms with E-state index in [1.807, 2.05) is 13.8 Å². The second kappa shape index (κ2) is 6.52. The SMILES string of the molecule is CC(C)CNc1oc(-c2ccco2)nc1S(=O)(=O)c1ccccc1. The second-order valence-corrected chi connectivity index (χ2v) is 7.59. The second-order valence-electron chi connectivity index (χ2n) is 5.72. The number of furan rings is 1. The molecule has 0 atom stereocenters. The Hall–Kier alpha value is -2.54. The van der Waals surface area contributed by atoms with Crippen molar-refractivity contribution in [1.82, 2.24) is 4.98 Å². The number of sulfone groups is 1. The van der Waals surface area contributed by atoms with Gasteiger partial charge >= 0.3 is 0 Å². The lowest BCUT2D eigenvalue weighted by atomic mass is 10.2. The minimum atomic E-state index is -3.80. The summed E-state index contributed by atoms with van der Waals surface area (Å²) < 4.78 is 36.7. The Bertz CT molecular complexity index is 897. The Morgan fingerprint density at radius 3 is 2.50 bits per heavy atom. The van der Waals surface area contributed by atoms with Crippen molar-refractivity contribution in [2.75, 3.05) is 11.9 Å². The summed E-state index contributed by atoms with van der Waals surface area (Å²) in [6.45, 7) is 4.59. The van der Waals surface area contributed by atoms with Gasteiger partial charge in [-0.05, 0) is 30.2 Å². The standard InChI is InChI=1S/C17H18N2O4S/c1-12(2)11-18-16-17(19-15(23-16)14-9-6-10-22-14)24(20,21)13-7-4-3-5-8-13/h3-10,12,18H,11H2,1-2H3. The van der Waals surface area contributed by atoms with Crippen LogP contribution < -0.4 is 5.32 Å². The molecule has 0 radical (unpaired) electrons. The maximum atomic E-state index is 12.9. The van der Waals surface area contributed by atoms with E-state index in [-0.39, 0.29) is 21.7 Å². The summed E-state index contributed by atoms with van der Waals surface area (Å²) in [7, 11) is -3.80. The Morgan fingerprint density at radius 1 is 1.12 bits per heavy atom. The van der Waals surface area contributed by atoms with Crippen LogP contribution in [0.15, 0.2) is 67.5 Å². The molecule has 0 fully saturated rings. The van der Waals surface area contributed by atoms with Gasteiger partial charge in [0, 0.05) is 6.54 Å². The number of oxazole rings is 1. The molecule has 7 heteroatoms. The van der Waals surface area contributed by atoms with E-state index < -0.39 is 9.84 Å². The van der Waals surface area contributed by atoms with Gasteiger partial charge in [0.2, 0.25) is 20.7 Å². The van der Waals surface area contributed by atoms with Gasteiger partial charge in [-0.25, -0.2) is 8.42 Å². The normalized spacial score (nSPS) is 11.8. The predicted octanol–water partition coefficient (Wildman–Crippen LogP) is 3.84. The molecule has 2 aromatic heterocycles. The molecule has 3 rings (SSSR count). The van der Waals surface area contributed by atoms with Crippen molar-refractivity contribution >= 4 is 15.7 Å². The summed E-state index contributed by atoms with van der Waals surface area (Å²) in [6.07, 6.45) is 1.48. The Balaban J connectivity index is 2.08. The van der Waals surface area contributed by atoms with Crippen molar-refractivity contribution in [3.63, 3.8) is 0 Å². The van der Waals surface area contributed by atoms with E-state index in [1.165, 1.54) is 18.4 Å². The molecule has 126 valence electrons. The molecule has 0 saturated carbocycles. The molecule has 0 amide bonds.